The number of aliphatic hydroxyl groups excluding tert-OH is 1. The van der Waals surface area contributed by atoms with Gasteiger partial charge in [-0.3, -0.25) is 35.0 Å². The molecule has 4 bridgehead atoms. The second-order valence-electron chi connectivity index (χ2n) is 5.68. The summed E-state index contributed by atoms with van der Waals surface area (Å²) in [6.45, 7) is 0. The molecule has 0 amide bonds. The molecule has 12 heteroatoms. The smallest absolute Gasteiger partial charge is 0.263 e. The number of carbonyl (C=O) groups is 2. The Labute approximate surface area is 131 Å². The van der Waals surface area contributed by atoms with Crippen LogP contribution in [-0.4, -0.2) is 48.4 Å². The number of fused-ring (bicyclic) bond motifs is 6. The zero-order chi connectivity index (χ0) is 17.9. The Hall–Kier alpha value is -3.31. The van der Waals surface area contributed by atoms with E-state index < -0.39 is 73.2 Å². The Balaban J connectivity index is 2.37. The molecule has 0 aromatic rings. The molecule has 0 heterocycles. The van der Waals surface area contributed by atoms with Crippen LogP contribution in [0.5, 0.6) is 0 Å². The molecule has 0 spiro atoms. The molecule has 5 unspecified atom stereocenters. The monoisotopic (exact) mass is 339 g/mol. The van der Waals surface area contributed by atoms with Gasteiger partial charge in [0.2, 0.25) is 6.04 Å². The van der Waals surface area contributed by atoms with Crippen LogP contribution in [0.4, 0.5) is 0 Å². The highest BCUT2D eigenvalue weighted by Gasteiger charge is 2.69. The summed E-state index contributed by atoms with van der Waals surface area (Å²) < 4.78 is 0. The number of Topliss-reactive ketones (excluding diaryl/α,β-unsaturated/α-hetero) is 1. The van der Waals surface area contributed by atoms with Crippen molar-refractivity contribution >= 4 is 17.3 Å². The highest BCUT2D eigenvalue weighted by atomic mass is 16.8. The fraction of sp³-hybridized carbons (Fsp3) is 0.417. The second-order valence-corrected chi connectivity index (χ2v) is 5.68. The quantitative estimate of drug-likeness (QED) is 0.214. The van der Waals surface area contributed by atoms with E-state index in [4.69, 9.17) is 0 Å². The first-order chi connectivity index (χ1) is 11.2. The topological polar surface area (TPSA) is 187 Å². The minimum Gasteiger partial charge on any atom is -0.511 e. The van der Waals surface area contributed by atoms with Crippen LogP contribution in [0.3, 0.4) is 0 Å². The summed E-state index contributed by atoms with van der Waals surface area (Å²) in [5.74, 6) is -9.28. The summed E-state index contributed by atoms with van der Waals surface area (Å²) >= 11 is 0. The van der Waals surface area contributed by atoms with Crippen LogP contribution in [0.1, 0.15) is 0 Å². The van der Waals surface area contributed by atoms with E-state index >= 15 is 0 Å². The molecular formula is C12H9N3O9. The van der Waals surface area contributed by atoms with E-state index in [-0.39, 0.29) is 0 Å². The summed E-state index contributed by atoms with van der Waals surface area (Å²) in [5, 5.41) is 53.1. The van der Waals surface area contributed by atoms with Gasteiger partial charge in [-0.05, 0) is 0 Å². The van der Waals surface area contributed by atoms with Gasteiger partial charge in [-0.2, -0.15) is 0 Å². The lowest BCUT2D eigenvalue weighted by Crippen LogP contribution is -2.63. The summed E-state index contributed by atoms with van der Waals surface area (Å²) in [6.07, 6.45) is 1.31. The van der Waals surface area contributed by atoms with Crippen molar-refractivity contribution < 1.29 is 34.7 Å². The molecule has 3 aliphatic carbocycles. The third-order valence-corrected chi connectivity index (χ3v) is 4.64. The number of carbonyl (C=O) groups excluding carboxylic acids is 2. The van der Waals surface area contributed by atoms with Gasteiger partial charge in [0.1, 0.15) is 23.5 Å². The van der Waals surface area contributed by atoms with Crippen molar-refractivity contribution in [3.05, 3.63) is 49.0 Å². The highest BCUT2D eigenvalue weighted by Crippen LogP contribution is 2.49. The van der Waals surface area contributed by atoms with E-state index in [1.807, 2.05) is 0 Å². The van der Waals surface area contributed by atoms with Crippen molar-refractivity contribution in [2.75, 3.05) is 0 Å². The SMILES string of the molecule is O=C1C=C(O)C2C(=O)C1C1/C(=[N+](\[O-])O)C=C([N+](=O)[O-])C2C1[N+](=O)[O-]. The molecule has 12 nitrogen and oxygen atoms in total. The maximum Gasteiger partial charge on any atom is 0.263 e. The number of hydrogen-bond donors (Lipinski definition) is 2. The molecule has 0 radical (unpaired) electrons. The Morgan fingerprint density at radius 2 is 1.62 bits per heavy atom. The summed E-state index contributed by atoms with van der Waals surface area (Å²) in [5.41, 5.74) is -1.66. The molecular weight excluding hydrogens is 330 g/mol. The van der Waals surface area contributed by atoms with Gasteiger partial charge in [0.25, 0.3) is 11.4 Å². The number of rotatable bonds is 2. The third-order valence-electron chi connectivity index (χ3n) is 4.64. The number of allylic oxidation sites excluding steroid dienone is 3. The van der Waals surface area contributed by atoms with Crippen LogP contribution in [0.25, 0.3) is 0 Å². The van der Waals surface area contributed by atoms with E-state index in [0.29, 0.717) is 12.2 Å². The third kappa shape index (κ3) is 1.82. The molecule has 0 aromatic heterocycles. The average molecular weight is 339 g/mol. The van der Waals surface area contributed by atoms with Gasteiger partial charge in [0.05, 0.1) is 16.9 Å². The molecule has 3 aliphatic rings. The molecule has 24 heavy (non-hydrogen) atoms. The van der Waals surface area contributed by atoms with Gasteiger partial charge < -0.3 is 10.3 Å². The zero-order valence-electron chi connectivity index (χ0n) is 11.6. The second kappa shape index (κ2) is 4.84. The first-order valence-electron chi connectivity index (χ1n) is 6.67. The number of aliphatic hydroxyl groups is 1. The Morgan fingerprint density at radius 1 is 1.00 bits per heavy atom. The minimum atomic E-state index is -1.89. The number of ketones is 2. The first-order valence-corrected chi connectivity index (χ1v) is 6.67. The van der Waals surface area contributed by atoms with Crippen LogP contribution >= 0.6 is 0 Å². The van der Waals surface area contributed by atoms with Crippen molar-refractivity contribution in [3.63, 3.8) is 0 Å². The average Bonchev–Trinajstić information content (AvgIpc) is 2.44. The maximum atomic E-state index is 12.4. The Bertz CT molecular complexity index is 792. The van der Waals surface area contributed by atoms with Crippen molar-refractivity contribution in [3.8, 4) is 0 Å². The van der Waals surface area contributed by atoms with Gasteiger partial charge in [0.15, 0.2) is 11.6 Å². The Morgan fingerprint density at radius 3 is 2.12 bits per heavy atom. The summed E-state index contributed by atoms with van der Waals surface area (Å²) in [7, 11) is 0. The number of hydrogen-bond acceptors (Lipinski definition) is 9. The van der Waals surface area contributed by atoms with Crippen molar-refractivity contribution in [2.45, 2.75) is 6.04 Å². The van der Waals surface area contributed by atoms with E-state index in [1.165, 1.54) is 0 Å². The molecule has 1 fully saturated rings. The fourth-order valence-electron chi connectivity index (χ4n) is 3.79. The lowest BCUT2D eigenvalue weighted by Gasteiger charge is -2.41. The van der Waals surface area contributed by atoms with Crippen molar-refractivity contribution in [1.82, 2.24) is 0 Å². The maximum absolute atomic E-state index is 12.4. The molecule has 0 aromatic carbocycles. The molecule has 3 rings (SSSR count). The predicted octanol–water partition coefficient (Wildman–Crippen LogP) is -0.781. The van der Waals surface area contributed by atoms with E-state index in [2.05, 4.69) is 0 Å². The lowest BCUT2D eigenvalue weighted by atomic mass is 9.56. The number of nitrogens with zero attached hydrogens (tertiary/aromatic N) is 3. The van der Waals surface area contributed by atoms with Crippen LogP contribution < -0.4 is 0 Å². The highest BCUT2D eigenvalue weighted by molar-refractivity contribution is 6.17. The lowest BCUT2D eigenvalue weighted by molar-refractivity contribution is -0.728. The van der Waals surface area contributed by atoms with Crippen molar-refractivity contribution in [1.29, 1.82) is 0 Å². The van der Waals surface area contributed by atoms with Gasteiger partial charge >= 0.3 is 0 Å². The standard InChI is InChI=1S/C12H9N3O9/c16-5-2-6(17)10-8-4(14(21)22)1-3(13(19)20)7(9(5)12(10)18)11(8)15(23)24/h1-2,7-11,16H,(H,21,22). The van der Waals surface area contributed by atoms with E-state index in [1.54, 1.807) is 0 Å². The summed E-state index contributed by atoms with van der Waals surface area (Å²) in [6, 6.07) is -1.89. The van der Waals surface area contributed by atoms with Gasteiger partial charge in [-0.25, -0.2) is 0 Å². The minimum absolute atomic E-state index is 0.626. The van der Waals surface area contributed by atoms with Crippen LogP contribution in [0.15, 0.2) is 23.6 Å². The van der Waals surface area contributed by atoms with Crippen LogP contribution in [0.2, 0.25) is 0 Å². The van der Waals surface area contributed by atoms with E-state index in [9.17, 15) is 45.3 Å². The number of nitro groups is 2. The summed E-state index contributed by atoms with van der Waals surface area (Å²) in [4.78, 5) is 44.4. The molecule has 0 saturated heterocycles. The predicted molar refractivity (Wildman–Crippen MR) is 71.0 cm³/mol. The molecule has 2 N–H and O–H groups in total. The van der Waals surface area contributed by atoms with Crippen LogP contribution in [0, 0.1) is 49.1 Å². The van der Waals surface area contributed by atoms with Crippen LogP contribution in [-0.2, 0) is 9.59 Å². The zero-order valence-corrected chi connectivity index (χ0v) is 11.6. The normalized spacial score (nSPS) is 36.6. The fourth-order valence-corrected chi connectivity index (χ4v) is 3.79. The molecule has 1 saturated carbocycles. The van der Waals surface area contributed by atoms with E-state index in [0.717, 1.165) is 0 Å². The van der Waals surface area contributed by atoms with Gasteiger partial charge in [0, 0.05) is 15.9 Å². The van der Waals surface area contributed by atoms with Gasteiger partial charge in [-0.1, -0.05) is 0 Å². The Kier molecular flexibility index (Phi) is 3.14. The first kappa shape index (κ1) is 15.6. The van der Waals surface area contributed by atoms with Crippen molar-refractivity contribution in [2.24, 2.45) is 23.7 Å². The largest absolute Gasteiger partial charge is 0.511 e. The molecule has 0 aliphatic heterocycles. The molecule has 126 valence electrons. The van der Waals surface area contributed by atoms with Gasteiger partial charge in [-0.15, -0.1) is 0 Å². The molecule has 5 atom stereocenters.